The minimum Gasteiger partial charge on any atom is -0.393 e. The number of rotatable bonds is 6. The van der Waals surface area contributed by atoms with Crippen LogP contribution in [0, 0.1) is 13.8 Å². The summed E-state index contributed by atoms with van der Waals surface area (Å²) in [6.07, 6.45) is 3.83. The van der Waals surface area contributed by atoms with Gasteiger partial charge in [-0.25, -0.2) is 4.68 Å². The van der Waals surface area contributed by atoms with Crippen molar-refractivity contribution in [2.45, 2.75) is 59.0 Å². The van der Waals surface area contributed by atoms with E-state index in [0.717, 1.165) is 41.8 Å². The lowest BCUT2D eigenvalue weighted by Crippen LogP contribution is -2.28. The summed E-state index contributed by atoms with van der Waals surface area (Å²) in [5.41, 5.74) is 6.20. The molecule has 0 saturated carbocycles. The number of hydrogen-bond donors (Lipinski definition) is 2. The van der Waals surface area contributed by atoms with Gasteiger partial charge in [-0.3, -0.25) is 4.79 Å². The lowest BCUT2D eigenvalue weighted by atomic mass is 10.1. The molecule has 1 unspecified atom stereocenters. The molecule has 0 fully saturated rings. The Hall–Kier alpha value is -2.14. The molecule has 5 heteroatoms. The van der Waals surface area contributed by atoms with Crippen molar-refractivity contribution >= 4 is 5.91 Å². The third kappa shape index (κ3) is 3.61. The average molecular weight is 341 g/mol. The summed E-state index contributed by atoms with van der Waals surface area (Å²) in [7, 11) is 0. The average Bonchev–Trinajstić information content (AvgIpc) is 3.17. The van der Waals surface area contributed by atoms with Crippen molar-refractivity contribution in [2.24, 2.45) is 0 Å². The van der Waals surface area contributed by atoms with Crippen molar-refractivity contribution in [2.75, 3.05) is 6.54 Å². The van der Waals surface area contributed by atoms with Gasteiger partial charge in [0, 0.05) is 17.8 Å². The highest BCUT2D eigenvalue weighted by Crippen LogP contribution is 2.29. The predicted molar refractivity (Wildman–Crippen MR) is 98.3 cm³/mol. The summed E-state index contributed by atoms with van der Waals surface area (Å²) < 4.78 is 1.95. The molecule has 1 aromatic carbocycles. The van der Waals surface area contributed by atoms with Crippen LogP contribution in [0.2, 0.25) is 0 Å². The Morgan fingerprint density at radius 1 is 1.36 bits per heavy atom. The zero-order valence-corrected chi connectivity index (χ0v) is 15.3. The number of benzene rings is 1. The molecule has 1 aliphatic rings. The number of aromatic nitrogens is 2. The number of nitrogens with zero attached hydrogens (tertiary/aromatic N) is 2. The first-order valence-electron chi connectivity index (χ1n) is 9.16. The molecule has 0 saturated heterocycles. The van der Waals surface area contributed by atoms with Crippen LogP contribution in [-0.4, -0.2) is 33.4 Å². The molecule has 0 radical (unpaired) electrons. The quantitative estimate of drug-likeness (QED) is 0.849. The fourth-order valence-corrected chi connectivity index (χ4v) is 3.50. The van der Waals surface area contributed by atoms with Crippen LogP contribution in [0.5, 0.6) is 0 Å². The fraction of sp³-hybridized carbons (Fsp3) is 0.500. The number of aliphatic hydroxyl groups excluding tert-OH is 1. The maximum absolute atomic E-state index is 12.6. The Morgan fingerprint density at radius 3 is 2.88 bits per heavy atom. The summed E-state index contributed by atoms with van der Waals surface area (Å²) in [6, 6.07) is 6.30. The summed E-state index contributed by atoms with van der Waals surface area (Å²) in [4.78, 5) is 12.6. The Morgan fingerprint density at radius 2 is 2.16 bits per heavy atom. The van der Waals surface area contributed by atoms with Gasteiger partial charge >= 0.3 is 0 Å². The third-order valence-corrected chi connectivity index (χ3v) is 4.96. The van der Waals surface area contributed by atoms with E-state index < -0.39 is 0 Å². The van der Waals surface area contributed by atoms with E-state index in [2.05, 4.69) is 42.5 Å². The van der Waals surface area contributed by atoms with Crippen molar-refractivity contribution in [3.05, 3.63) is 46.3 Å². The van der Waals surface area contributed by atoms with Crippen molar-refractivity contribution < 1.29 is 9.90 Å². The first kappa shape index (κ1) is 17.7. The maximum Gasteiger partial charge on any atom is 0.272 e. The second kappa shape index (κ2) is 7.40. The SMILES string of the molecule is CCC(O)CCNC(=O)c1nn(-c2ccc(C)cc2C)c2c1CCC2. The molecule has 0 bridgehead atoms. The van der Waals surface area contributed by atoms with Crippen LogP contribution in [0.15, 0.2) is 18.2 Å². The van der Waals surface area contributed by atoms with E-state index in [-0.39, 0.29) is 12.0 Å². The van der Waals surface area contributed by atoms with E-state index in [0.29, 0.717) is 25.1 Å². The van der Waals surface area contributed by atoms with Crippen LogP contribution in [0.25, 0.3) is 5.69 Å². The van der Waals surface area contributed by atoms with E-state index in [1.165, 1.54) is 5.56 Å². The molecule has 1 atom stereocenters. The highest BCUT2D eigenvalue weighted by Gasteiger charge is 2.27. The molecule has 1 heterocycles. The van der Waals surface area contributed by atoms with E-state index in [1.54, 1.807) is 0 Å². The van der Waals surface area contributed by atoms with Crippen LogP contribution in [-0.2, 0) is 12.8 Å². The molecular formula is C20H27N3O2. The second-order valence-corrected chi connectivity index (χ2v) is 6.94. The molecule has 0 spiro atoms. The Balaban J connectivity index is 1.86. The Labute approximate surface area is 149 Å². The Kier molecular flexibility index (Phi) is 5.23. The van der Waals surface area contributed by atoms with Gasteiger partial charge in [-0.05, 0) is 57.6 Å². The van der Waals surface area contributed by atoms with Crippen molar-refractivity contribution in [1.82, 2.24) is 15.1 Å². The van der Waals surface area contributed by atoms with Crippen LogP contribution in [0.4, 0.5) is 0 Å². The number of carbonyl (C=O) groups is 1. The minimum atomic E-state index is -0.362. The third-order valence-electron chi connectivity index (χ3n) is 4.96. The van der Waals surface area contributed by atoms with Gasteiger partial charge in [-0.1, -0.05) is 24.6 Å². The number of nitrogens with one attached hydrogen (secondary N) is 1. The van der Waals surface area contributed by atoms with Gasteiger partial charge in [0.2, 0.25) is 0 Å². The number of aliphatic hydroxyl groups is 1. The highest BCUT2D eigenvalue weighted by molar-refractivity contribution is 5.94. The molecule has 25 heavy (non-hydrogen) atoms. The van der Waals surface area contributed by atoms with Gasteiger partial charge in [-0.2, -0.15) is 5.10 Å². The van der Waals surface area contributed by atoms with Crippen LogP contribution >= 0.6 is 0 Å². The van der Waals surface area contributed by atoms with Crippen LogP contribution < -0.4 is 5.32 Å². The predicted octanol–water partition coefficient (Wildman–Crippen LogP) is 2.87. The molecule has 2 N–H and O–H groups in total. The minimum absolute atomic E-state index is 0.134. The molecule has 5 nitrogen and oxygen atoms in total. The zero-order chi connectivity index (χ0) is 18.0. The largest absolute Gasteiger partial charge is 0.393 e. The van der Waals surface area contributed by atoms with Gasteiger partial charge in [-0.15, -0.1) is 0 Å². The van der Waals surface area contributed by atoms with E-state index in [4.69, 9.17) is 0 Å². The van der Waals surface area contributed by atoms with Gasteiger partial charge in [0.15, 0.2) is 5.69 Å². The van der Waals surface area contributed by atoms with Crippen LogP contribution in [0.1, 0.15) is 59.1 Å². The van der Waals surface area contributed by atoms with Crippen molar-refractivity contribution in [3.8, 4) is 5.69 Å². The molecule has 0 aliphatic heterocycles. The molecule has 3 rings (SSSR count). The zero-order valence-electron chi connectivity index (χ0n) is 15.3. The first-order valence-corrected chi connectivity index (χ1v) is 9.16. The summed E-state index contributed by atoms with van der Waals surface area (Å²) in [5.74, 6) is -0.134. The van der Waals surface area contributed by atoms with E-state index in [9.17, 15) is 9.90 Å². The van der Waals surface area contributed by atoms with Gasteiger partial charge in [0.05, 0.1) is 11.8 Å². The number of hydrogen-bond acceptors (Lipinski definition) is 3. The first-order chi connectivity index (χ1) is 12.0. The lowest BCUT2D eigenvalue weighted by molar-refractivity contribution is 0.0935. The fourth-order valence-electron chi connectivity index (χ4n) is 3.50. The molecule has 2 aromatic rings. The second-order valence-electron chi connectivity index (χ2n) is 6.94. The van der Waals surface area contributed by atoms with Crippen molar-refractivity contribution in [1.29, 1.82) is 0 Å². The molecule has 1 aliphatic carbocycles. The highest BCUT2D eigenvalue weighted by atomic mass is 16.3. The summed E-state index contributed by atoms with van der Waals surface area (Å²) in [6.45, 7) is 6.56. The standard InChI is InChI=1S/C20H27N3O2/c1-4-15(24)10-11-21-20(25)19-16-6-5-7-18(16)23(22-19)17-9-8-13(2)12-14(17)3/h8-9,12,15,24H,4-7,10-11H2,1-3H3,(H,21,25). The monoisotopic (exact) mass is 341 g/mol. The summed E-state index contributed by atoms with van der Waals surface area (Å²) in [5, 5.41) is 17.2. The lowest BCUT2D eigenvalue weighted by Gasteiger charge is -2.10. The van der Waals surface area contributed by atoms with E-state index in [1.807, 2.05) is 11.6 Å². The molecule has 1 aromatic heterocycles. The van der Waals surface area contributed by atoms with E-state index >= 15 is 0 Å². The van der Waals surface area contributed by atoms with Gasteiger partial charge in [0.1, 0.15) is 0 Å². The number of aryl methyl sites for hydroxylation is 2. The van der Waals surface area contributed by atoms with Gasteiger partial charge in [0.25, 0.3) is 5.91 Å². The number of carbonyl (C=O) groups excluding carboxylic acids is 1. The van der Waals surface area contributed by atoms with Crippen molar-refractivity contribution in [3.63, 3.8) is 0 Å². The number of amides is 1. The van der Waals surface area contributed by atoms with Gasteiger partial charge < -0.3 is 10.4 Å². The topological polar surface area (TPSA) is 67.2 Å². The smallest absolute Gasteiger partial charge is 0.272 e. The summed E-state index contributed by atoms with van der Waals surface area (Å²) >= 11 is 0. The van der Waals surface area contributed by atoms with Crippen LogP contribution in [0.3, 0.4) is 0 Å². The molecule has 134 valence electrons. The normalized spacial score (nSPS) is 14.4. The maximum atomic E-state index is 12.6. The molecule has 1 amide bonds. The number of fused-ring (bicyclic) bond motifs is 1. The Bertz CT molecular complexity index is 779. The molecular weight excluding hydrogens is 314 g/mol.